The molecule has 0 spiro atoms. The van der Waals surface area contributed by atoms with Gasteiger partial charge in [-0.15, -0.1) is 0 Å². The first kappa shape index (κ1) is 18.7. The lowest BCUT2D eigenvalue weighted by Gasteiger charge is -2.21. The fourth-order valence-electron chi connectivity index (χ4n) is 1.47. The zero-order valence-electron chi connectivity index (χ0n) is 14.7. The van der Waals surface area contributed by atoms with Crippen molar-refractivity contribution in [3.05, 3.63) is 0 Å². The molecule has 9 heteroatoms. The van der Waals surface area contributed by atoms with Crippen molar-refractivity contribution in [1.82, 2.24) is 25.6 Å². The van der Waals surface area contributed by atoms with Crippen LogP contribution in [0, 0.1) is 5.41 Å². The quantitative estimate of drug-likeness (QED) is 0.517. The number of nitrogens with two attached hydrogens (primary N) is 1. The SMILES string of the molecule is CC(C)(C)CNC(=O)NCNc1nc(N)nc(NC(C)(C)C)n1. The standard InChI is InChI=1S/C14H28N8O/c1-13(2,3)7-16-12(23)18-8-17-10-19-9(15)20-11(21-10)22-14(4,5)6/h7-8H2,1-6H3,(H2,16,18,23)(H4,15,17,19,20,21,22). The largest absolute Gasteiger partial charge is 0.368 e. The minimum absolute atomic E-state index is 0.0287. The Morgan fingerprint density at radius 2 is 1.61 bits per heavy atom. The molecule has 0 aliphatic rings. The third kappa shape index (κ3) is 8.64. The summed E-state index contributed by atoms with van der Waals surface area (Å²) < 4.78 is 0. The summed E-state index contributed by atoms with van der Waals surface area (Å²) in [5.41, 5.74) is 5.49. The summed E-state index contributed by atoms with van der Waals surface area (Å²) in [7, 11) is 0. The molecule has 0 radical (unpaired) electrons. The summed E-state index contributed by atoms with van der Waals surface area (Å²) in [4.78, 5) is 23.9. The maximum atomic E-state index is 11.6. The van der Waals surface area contributed by atoms with Crippen LogP contribution < -0.4 is 27.0 Å². The molecule has 0 bridgehead atoms. The number of aromatic nitrogens is 3. The van der Waals surface area contributed by atoms with Crippen molar-refractivity contribution in [3.8, 4) is 0 Å². The molecule has 23 heavy (non-hydrogen) atoms. The van der Waals surface area contributed by atoms with Gasteiger partial charge in [-0.1, -0.05) is 20.8 Å². The minimum atomic E-state index is -0.262. The molecule has 1 rings (SSSR count). The Morgan fingerprint density at radius 1 is 1.00 bits per heavy atom. The molecule has 0 aliphatic heterocycles. The van der Waals surface area contributed by atoms with E-state index in [1.807, 2.05) is 41.5 Å². The smallest absolute Gasteiger partial charge is 0.316 e. The molecule has 1 heterocycles. The number of anilines is 3. The first-order valence-corrected chi connectivity index (χ1v) is 7.50. The Bertz CT molecular complexity index is 533. The zero-order chi connectivity index (χ0) is 17.7. The number of urea groups is 1. The average Bonchev–Trinajstić information content (AvgIpc) is 2.32. The van der Waals surface area contributed by atoms with Crippen molar-refractivity contribution in [2.45, 2.75) is 47.1 Å². The van der Waals surface area contributed by atoms with Crippen LogP contribution in [0.5, 0.6) is 0 Å². The first-order valence-electron chi connectivity index (χ1n) is 7.50. The van der Waals surface area contributed by atoms with Gasteiger partial charge in [0.05, 0.1) is 6.67 Å². The summed E-state index contributed by atoms with van der Waals surface area (Å²) >= 11 is 0. The number of amides is 2. The molecule has 6 N–H and O–H groups in total. The molecule has 1 aromatic rings. The van der Waals surface area contributed by atoms with E-state index < -0.39 is 0 Å². The second-order valence-electron chi connectivity index (χ2n) is 7.49. The van der Waals surface area contributed by atoms with E-state index in [2.05, 4.69) is 36.2 Å². The van der Waals surface area contributed by atoms with Gasteiger partial charge in [-0.05, 0) is 26.2 Å². The Labute approximate surface area is 137 Å². The molecule has 0 saturated carbocycles. The fourth-order valence-corrected chi connectivity index (χ4v) is 1.47. The van der Waals surface area contributed by atoms with Gasteiger partial charge < -0.3 is 27.0 Å². The number of hydrogen-bond donors (Lipinski definition) is 5. The van der Waals surface area contributed by atoms with Crippen LogP contribution in [0.4, 0.5) is 22.6 Å². The van der Waals surface area contributed by atoms with Gasteiger partial charge in [0.15, 0.2) is 0 Å². The molecule has 0 saturated heterocycles. The van der Waals surface area contributed by atoms with Crippen molar-refractivity contribution in [2.75, 3.05) is 29.6 Å². The van der Waals surface area contributed by atoms with Gasteiger partial charge in [0.25, 0.3) is 0 Å². The molecule has 9 nitrogen and oxygen atoms in total. The highest BCUT2D eigenvalue weighted by Gasteiger charge is 2.14. The van der Waals surface area contributed by atoms with Crippen LogP contribution in [0.3, 0.4) is 0 Å². The second-order valence-corrected chi connectivity index (χ2v) is 7.49. The number of rotatable bonds is 5. The average molecular weight is 324 g/mol. The molecule has 1 aromatic heterocycles. The van der Waals surface area contributed by atoms with Crippen LogP contribution in [-0.2, 0) is 0 Å². The van der Waals surface area contributed by atoms with E-state index in [9.17, 15) is 4.79 Å². The fraction of sp³-hybridized carbons (Fsp3) is 0.714. The Hall–Kier alpha value is -2.32. The molecule has 130 valence electrons. The number of nitrogens with one attached hydrogen (secondary N) is 4. The monoisotopic (exact) mass is 324 g/mol. The van der Waals surface area contributed by atoms with E-state index in [1.54, 1.807) is 0 Å². The molecule has 0 fully saturated rings. The Kier molecular flexibility index (Phi) is 5.94. The second kappa shape index (κ2) is 7.30. The summed E-state index contributed by atoms with van der Waals surface area (Å²) in [5.74, 6) is 0.775. The van der Waals surface area contributed by atoms with E-state index in [1.165, 1.54) is 0 Å². The van der Waals surface area contributed by atoms with Gasteiger partial charge >= 0.3 is 6.03 Å². The van der Waals surface area contributed by atoms with Crippen molar-refractivity contribution in [1.29, 1.82) is 0 Å². The highest BCUT2D eigenvalue weighted by Crippen LogP contribution is 2.12. The highest BCUT2D eigenvalue weighted by molar-refractivity contribution is 5.74. The first-order chi connectivity index (χ1) is 10.4. The predicted octanol–water partition coefficient (Wildman–Crippen LogP) is 1.38. The Morgan fingerprint density at radius 3 is 2.17 bits per heavy atom. The molecular formula is C14H28N8O. The van der Waals surface area contributed by atoms with Gasteiger partial charge in [0.2, 0.25) is 17.8 Å². The van der Waals surface area contributed by atoms with E-state index in [0.29, 0.717) is 18.4 Å². The van der Waals surface area contributed by atoms with Crippen molar-refractivity contribution >= 4 is 23.9 Å². The predicted molar refractivity (Wildman–Crippen MR) is 92.1 cm³/mol. The van der Waals surface area contributed by atoms with Gasteiger partial charge in [0, 0.05) is 12.1 Å². The molecule has 0 aromatic carbocycles. The highest BCUT2D eigenvalue weighted by atomic mass is 16.2. The lowest BCUT2D eigenvalue weighted by atomic mass is 9.97. The normalized spacial score (nSPS) is 11.7. The van der Waals surface area contributed by atoms with E-state index in [-0.39, 0.29) is 29.6 Å². The third-order valence-corrected chi connectivity index (χ3v) is 2.41. The van der Waals surface area contributed by atoms with Crippen molar-refractivity contribution < 1.29 is 4.79 Å². The van der Waals surface area contributed by atoms with E-state index in [0.717, 1.165) is 0 Å². The molecule has 2 amide bonds. The van der Waals surface area contributed by atoms with Crippen LogP contribution in [0.2, 0.25) is 0 Å². The van der Waals surface area contributed by atoms with Gasteiger partial charge in [0.1, 0.15) is 0 Å². The molecular weight excluding hydrogens is 296 g/mol. The van der Waals surface area contributed by atoms with Crippen molar-refractivity contribution in [2.24, 2.45) is 5.41 Å². The number of carbonyl (C=O) groups excluding carboxylic acids is 1. The number of nitrogens with zero attached hydrogens (tertiary/aromatic N) is 3. The zero-order valence-corrected chi connectivity index (χ0v) is 14.7. The van der Waals surface area contributed by atoms with E-state index in [4.69, 9.17) is 5.73 Å². The van der Waals surface area contributed by atoms with Crippen molar-refractivity contribution in [3.63, 3.8) is 0 Å². The van der Waals surface area contributed by atoms with Crippen LogP contribution in [0.1, 0.15) is 41.5 Å². The third-order valence-electron chi connectivity index (χ3n) is 2.41. The lowest BCUT2D eigenvalue weighted by molar-refractivity contribution is 0.236. The molecule has 0 atom stereocenters. The van der Waals surface area contributed by atoms with Crippen LogP contribution >= 0.6 is 0 Å². The molecule has 0 aliphatic carbocycles. The van der Waals surface area contributed by atoms with E-state index >= 15 is 0 Å². The topological polar surface area (TPSA) is 130 Å². The summed E-state index contributed by atoms with van der Waals surface area (Å²) in [6.45, 7) is 12.9. The summed E-state index contributed by atoms with van der Waals surface area (Å²) in [5, 5.41) is 11.5. The number of hydrogen-bond acceptors (Lipinski definition) is 7. The maximum absolute atomic E-state index is 11.6. The van der Waals surface area contributed by atoms with Gasteiger partial charge in [-0.25, -0.2) is 4.79 Å². The number of carbonyl (C=O) groups is 1. The van der Waals surface area contributed by atoms with Gasteiger partial charge in [-0.2, -0.15) is 15.0 Å². The number of nitrogen functional groups attached to an aromatic ring is 1. The minimum Gasteiger partial charge on any atom is -0.368 e. The Balaban J connectivity index is 2.50. The van der Waals surface area contributed by atoms with Crippen LogP contribution in [0.15, 0.2) is 0 Å². The summed E-state index contributed by atoms with van der Waals surface area (Å²) in [6, 6.07) is -0.262. The lowest BCUT2D eigenvalue weighted by Crippen LogP contribution is -2.41. The summed E-state index contributed by atoms with van der Waals surface area (Å²) in [6.07, 6.45) is 0. The molecule has 0 unspecified atom stereocenters. The van der Waals surface area contributed by atoms with Crippen LogP contribution in [0.25, 0.3) is 0 Å². The van der Waals surface area contributed by atoms with Crippen LogP contribution in [-0.4, -0.2) is 39.7 Å². The van der Waals surface area contributed by atoms with Gasteiger partial charge in [-0.3, -0.25) is 0 Å². The maximum Gasteiger partial charge on any atom is 0.316 e.